The predicted octanol–water partition coefficient (Wildman–Crippen LogP) is 4.81. The average molecular weight is 610 g/mol. The van der Waals surface area contributed by atoms with Crippen molar-refractivity contribution in [1.82, 2.24) is 5.32 Å². The van der Waals surface area contributed by atoms with Gasteiger partial charge in [0, 0.05) is 32.9 Å². The molecule has 0 saturated heterocycles. The summed E-state index contributed by atoms with van der Waals surface area (Å²) in [5.41, 5.74) is 0.966. The number of hydrogen-bond donors (Lipinski definition) is 4. The highest BCUT2D eigenvalue weighted by Gasteiger charge is 2.27. The summed E-state index contributed by atoms with van der Waals surface area (Å²) >= 11 is 0. The van der Waals surface area contributed by atoms with Crippen molar-refractivity contribution in [3.8, 4) is 0 Å². The molecule has 0 aromatic heterocycles. The van der Waals surface area contributed by atoms with E-state index in [4.69, 9.17) is 9.47 Å². The van der Waals surface area contributed by atoms with E-state index in [9.17, 15) is 29.7 Å². The first kappa shape index (κ1) is 39.0. The van der Waals surface area contributed by atoms with Gasteiger partial charge in [-0.2, -0.15) is 0 Å². The molecule has 1 rings (SSSR count). The van der Waals surface area contributed by atoms with Crippen molar-refractivity contribution >= 4 is 17.7 Å². The number of ether oxygens (including phenoxy) is 2. The number of carbonyl (C=O) groups is 3. The van der Waals surface area contributed by atoms with Gasteiger partial charge >= 0.3 is 5.97 Å². The van der Waals surface area contributed by atoms with E-state index >= 15 is 0 Å². The van der Waals surface area contributed by atoms with Gasteiger partial charge in [0.05, 0.1) is 30.8 Å². The minimum Gasteiger partial charge on any atom is -0.452 e. The lowest BCUT2D eigenvalue weighted by molar-refractivity contribution is -0.160. The molecule has 7 atom stereocenters. The summed E-state index contributed by atoms with van der Waals surface area (Å²) in [4.78, 5) is 38.0. The van der Waals surface area contributed by atoms with Crippen LogP contribution in [-0.2, 0) is 23.9 Å². The lowest BCUT2D eigenvalue weighted by Gasteiger charge is -2.23. The smallest absolute Gasteiger partial charge is 0.309 e. The normalized spacial score (nSPS) is 33.3. The van der Waals surface area contributed by atoms with Gasteiger partial charge in [-0.25, -0.2) is 0 Å². The van der Waals surface area contributed by atoms with Crippen LogP contribution in [0.5, 0.6) is 0 Å². The van der Waals surface area contributed by atoms with Crippen LogP contribution in [-0.4, -0.2) is 77.7 Å². The molecule has 0 aliphatic carbocycles. The van der Waals surface area contributed by atoms with E-state index < -0.39 is 36.3 Å². The van der Waals surface area contributed by atoms with Gasteiger partial charge in [-0.05, 0) is 62.4 Å². The Balaban J connectivity index is 2.92. The number of aliphatic hydroxyl groups is 3. The quantitative estimate of drug-likeness (QED) is 0.333. The van der Waals surface area contributed by atoms with E-state index in [0.717, 1.165) is 37.7 Å². The van der Waals surface area contributed by atoms with E-state index in [2.05, 4.69) is 25.2 Å². The molecule has 0 bridgehead atoms. The van der Waals surface area contributed by atoms with Crippen LogP contribution in [0.1, 0.15) is 111 Å². The van der Waals surface area contributed by atoms with Crippen LogP contribution >= 0.6 is 0 Å². The number of amides is 1. The maximum Gasteiger partial charge on any atom is 0.309 e. The van der Waals surface area contributed by atoms with Crippen molar-refractivity contribution in [2.45, 2.75) is 136 Å². The van der Waals surface area contributed by atoms with E-state index in [1.54, 1.807) is 7.11 Å². The minimum absolute atomic E-state index is 0.113. The Kier molecular flexibility index (Phi) is 20.3. The third kappa shape index (κ3) is 17.7. The first-order valence-corrected chi connectivity index (χ1v) is 16.4. The van der Waals surface area contributed by atoms with Crippen LogP contribution < -0.4 is 5.32 Å². The standard InChI is InChI=1S/C34H59NO8/c1-6-11-32-33(40)35-22-29(37)21-31(39)30(38)19-18-27(23-42-5)15-9-13-24(2)14-10-17-28(36)16-8-7-12-25(3)20-26(4)34(41)43-32/h9,13,15,24-26,29-32,37-39H,6-8,10-12,14,16-23H2,1-5H3,(H,35,40)/b13-9+,27-15-/t24-,25-,26-,29-,30+,31-,32-/m0/s1. The maximum atomic E-state index is 12.8. The van der Waals surface area contributed by atoms with Crippen LogP contribution in [0.4, 0.5) is 0 Å². The highest BCUT2D eigenvalue weighted by Crippen LogP contribution is 2.21. The lowest BCUT2D eigenvalue weighted by Crippen LogP contribution is -2.43. The average Bonchev–Trinajstić information content (AvgIpc) is 2.95. The van der Waals surface area contributed by atoms with Gasteiger partial charge in [0.25, 0.3) is 5.91 Å². The topological polar surface area (TPSA) is 142 Å². The van der Waals surface area contributed by atoms with Gasteiger partial charge < -0.3 is 30.1 Å². The molecular formula is C34H59NO8. The number of ketones is 1. The minimum atomic E-state index is -1.17. The third-order valence-corrected chi connectivity index (χ3v) is 8.11. The Hall–Kier alpha value is -2.07. The van der Waals surface area contributed by atoms with Gasteiger partial charge in [0.1, 0.15) is 5.78 Å². The molecule has 9 heteroatoms. The van der Waals surface area contributed by atoms with Crippen molar-refractivity contribution in [3.63, 3.8) is 0 Å². The van der Waals surface area contributed by atoms with E-state index in [-0.39, 0.29) is 31.2 Å². The molecular weight excluding hydrogens is 550 g/mol. The molecule has 0 fully saturated rings. The Morgan fingerprint density at radius 1 is 0.930 bits per heavy atom. The number of methoxy groups -OCH3 is 1. The van der Waals surface area contributed by atoms with E-state index in [0.29, 0.717) is 56.8 Å². The molecule has 0 aromatic carbocycles. The highest BCUT2D eigenvalue weighted by molar-refractivity contribution is 5.84. The molecule has 0 saturated carbocycles. The monoisotopic (exact) mass is 609 g/mol. The van der Waals surface area contributed by atoms with Gasteiger partial charge in [-0.15, -0.1) is 0 Å². The number of nitrogens with one attached hydrogen (secondary N) is 1. The summed E-state index contributed by atoms with van der Waals surface area (Å²) in [5, 5.41) is 34.0. The zero-order valence-electron chi connectivity index (χ0n) is 27.3. The number of carbonyl (C=O) groups excluding carboxylic acids is 3. The fourth-order valence-electron chi connectivity index (χ4n) is 5.38. The molecule has 1 aliphatic heterocycles. The van der Waals surface area contributed by atoms with Crippen LogP contribution in [0.15, 0.2) is 23.8 Å². The molecule has 0 unspecified atom stereocenters. The molecule has 43 heavy (non-hydrogen) atoms. The summed E-state index contributed by atoms with van der Waals surface area (Å²) < 4.78 is 10.9. The fraction of sp³-hybridized carbons (Fsp3) is 0.794. The largest absolute Gasteiger partial charge is 0.452 e. The summed E-state index contributed by atoms with van der Waals surface area (Å²) in [5.74, 6) is -0.377. The predicted molar refractivity (Wildman–Crippen MR) is 168 cm³/mol. The second kappa shape index (κ2) is 22.4. The SMILES string of the molecule is CCC[C@@H]1OC(=O)[C@@H](C)C[C@@H](C)CCCCC(=O)CCC[C@@H](C)/C=C/C=C(\COC)CC[C@@H](O)[C@@H](O)C[C@H](O)CNC1=O. The number of Topliss-reactive ketones (excluding diaryl/α,β-unsaturated/α-hetero) is 1. The maximum absolute atomic E-state index is 12.8. The molecule has 0 aromatic rings. The second-order valence-electron chi connectivity index (χ2n) is 12.6. The van der Waals surface area contributed by atoms with E-state index in [1.807, 2.05) is 26.0 Å². The van der Waals surface area contributed by atoms with Crippen molar-refractivity contribution < 1.29 is 39.2 Å². The lowest BCUT2D eigenvalue weighted by atomic mass is 9.92. The number of rotatable bonds is 4. The second-order valence-corrected chi connectivity index (χ2v) is 12.6. The van der Waals surface area contributed by atoms with Crippen LogP contribution in [0.2, 0.25) is 0 Å². The van der Waals surface area contributed by atoms with Gasteiger partial charge in [-0.3, -0.25) is 14.4 Å². The summed E-state index contributed by atoms with van der Waals surface area (Å²) in [6, 6.07) is 0. The fourth-order valence-corrected chi connectivity index (χ4v) is 5.38. The molecule has 1 heterocycles. The van der Waals surface area contributed by atoms with Gasteiger partial charge in [0.2, 0.25) is 0 Å². The highest BCUT2D eigenvalue weighted by atomic mass is 16.5. The number of allylic oxidation sites excluding steroid dienone is 3. The van der Waals surface area contributed by atoms with Crippen LogP contribution in [0.25, 0.3) is 0 Å². The Labute approximate surface area is 259 Å². The third-order valence-electron chi connectivity index (χ3n) is 8.11. The van der Waals surface area contributed by atoms with Crippen LogP contribution in [0.3, 0.4) is 0 Å². The molecule has 0 spiro atoms. The number of β-amino-alcohol motifs (C(OH)–C–C–N with tert-alkyl or cyclic N) is 1. The molecule has 1 aliphatic rings. The van der Waals surface area contributed by atoms with Crippen LogP contribution in [0, 0.1) is 17.8 Å². The van der Waals surface area contributed by atoms with Gasteiger partial charge in [0.15, 0.2) is 6.10 Å². The summed E-state index contributed by atoms with van der Waals surface area (Å²) in [6.45, 7) is 8.19. The van der Waals surface area contributed by atoms with Crippen molar-refractivity contribution in [3.05, 3.63) is 23.8 Å². The Bertz CT molecular complexity index is 872. The molecule has 0 radical (unpaired) electrons. The molecule has 248 valence electrons. The molecule has 4 N–H and O–H groups in total. The molecule has 1 amide bonds. The van der Waals surface area contributed by atoms with E-state index in [1.165, 1.54) is 0 Å². The number of cyclic esters (lactones) is 1. The van der Waals surface area contributed by atoms with Gasteiger partial charge in [-0.1, -0.05) is 65.2 Å². The summed E-state index contributed by atoms with van der Waals surface area (Å²) in [7, 11) is 1.60. The number of esters is 1. The molecule has 9 nitrogen and oxygen atoms in total. The zero-order valence-corrected chi connectivity index (χ0v) is 27.3. The summed E-state index contributed by atoms with van der Waals surface area (Å²) in [6.07, 6.45) is 9.73. The van der Waals surface area contributed by atoms with Crippen molar-refractivity contribution in [2.24, 2.45) is 17.8 Å². The number of aliphatic hydroxyl groups excluding tert-OH is 3. The Morgan fingerprint density at radius 2 is 1.65 bits per heavy atom. The first-order chi connectivity index (χ1) is 20.5. The van der Waals surface area contributed by atoms with Crippen molar-refractivity contribution in [1.29, 1.82) is 0 Å². The van der Waals surface area contributed by atoms with Crippen molar-refractivity contribution in [2.75, 3.05) is 20.3 Å². The number of hydrogen-bond acceptors (Lipinski definition) is 8. The zero-order chi connectivity index (χ0) is 32.2. The Morgan fingerprint density at radius 3 is 2.35 bits per heavy atom. The first-order valence-electron chi connectivity index (χ1n) is 16.4.